The SMILES string of the molecule is NC(=NCCn1cccn1)N1CCN(c2ccc(F)cc2)CC1. The first-order valence-corrected chi connectivity index (χ1v) is 7.75. The lowest BCUT2D eigenvalue weighted by Gasteiger charge is -2.36. The Kier molecular flexibility index (Phi) is 4.75. The summed E-state index contributed by atoms with van der Waals surface area (Å²) in [5, 5.41) is 4.13. The van der Waals surface area contributed by atoms with Crippen molar-refractivity contribution in [2.24, 2.45) is 10.7 Å². The average Bonchev–Trinajstić information content (AvgIpc) is 3.09. The zero-order valence-electron chi connectivity index (χ0n) is 13.0. The number of hydrogen-bond acceptors (Lipinski definition) is 3. The molecule has 1 aliphatic heterocycles. The van der Waals surface area contributed by atoms with Crippen molar-refractivity contribution in [1.82, 2.24) is 14.7 Å². The van der Waals surface area contributed by atoms with Crippen LogP contribution in [-0.2, 0) is 6.54 Å². The Hall–Kier alpha value is -2.57. The summed E-state index contributed by atoms with van der Waals surface area (Å²) >= 11 is 0. The van der Waals surface area contributed by atoms with Crippen LogP contribution in [0.15, 0.2) is 47.7 Å². The van der Waals surface area contributed by atoms with E-state index in [0.717, 1.165) is 38.4 Å². The normalized spacial score (nSPS) is 16.0. The number of halogens is 1. The van der Waals surface area contributed by atoms with Gasteiger partial charge in [-0.25, -0.2) is 4.39 Å². The van der Waals surface area contributed by atoms with Crippen molar-refractivity contribution >= 4 is 11.6 Å². The topological polar surface area (TPSA) is 62.7 Å². The standard InChI is InChI=1S/C16H21FN6/c17-14-2-4-15(5-3-14)21-10-12-22(13-11-21)16(18)19-7-9-23-8-1-6-20-23/h1-6,8H,7,9-13H2,(H2,18,19). The molecular weight excluding hydrogens is 295 g/mol. The van der Waals surface area contributed by atoms with Gasteiger partial charge in [0.15, 0.2) is 5.96 Å². The van der Waals surface area contributed by atoms with Gasteiger partial charge in [0, 0.05) is 44.3 Å². The van der Waals surface area contributed by atoms with Crippen molar-refractivity contribution in [3.05, 3.63) is 48.5 Å². The molecule has 3 rings (SSSR count). The molecule has 2 aromatic rings. The fraction of sp³-hybridized carbons (Fsp3) is 0.375. The van der Waals surface area contributed by atoms with Crippen LogP contribution in [0.2, 0.25) is 0 Å². The Labute approximate surface area is 135 Å². The van der Waals surface area contributed by atoms with Crippen LogP contribution in [0, 0.1) is 5.82 Å². The minimum absolute atomic E-state index is 0.207. The van der Waals surface area contributed by atoms with E-state index in [2.05, 4.69) is 19.9 Å². The first-order valence-electron chi connectivity index (χ1n) is 7.75. The average molecular weight is 316 g/mol. The summed E-state index contributed by atoms with van der Waals surface area (Å²) in [4.78, 5) is 8.74. The molecule has 1 aliphatic rings. The summed E-state index contributed by atoms with van der Waals surface area (Å²) < 4.78 is 14.8. The zero-order valence-corrected chi connectivity index (χ0v) is 13.0. The third-order valence-electron chi connectivity index (χ3n) is 3.96. The van der Waals surface area contributed by atoms with Crippen LogP contribution in [0.3, 0.4) is 0 Å². The molecule has 6 nitrogen and oxygen atoms in total. The van der Waals surface area contributed by atoms with Crippen LogP contribution in [0.5, 0.6) is 0 Å². The van der Waals surface area contributed by atoms with Crippen molar-refractivity contribution in [3.8, 4) is 0 Å². The first-order chi connectivity index (χ1) is 11.2. The largest absolute Gasteiger partial charge is 0.370 e. The smallest absolute Gasteiger partial charge is 0.191 e. The van der Waals surface area contributed by atoms with Crippen LogP contribution in [0.1, 0.15) is 0 Å². The van der Waals surface area contributed by atoms with Crippen molar-refractivity contribution in [3.63, 3.8) is 0 Å². The predicted octanol–water partition coefficient (Wildman–Crippen LogP) is 1.16. The van der Waals surface area contributed by atoms with Crippen LogP contribution in [0.25, 0.3) is 0 Å². The van der Waals surface area contributed by atoms with Crippen molar-refractivity contribution in [1.29, 1.82) is 0 Å². The van der Waals surface area contributed by atoms with E-state index < -0.39 is 0 Å². The Balaban J connectivity index is 1.48. The Morgan fingerprint density at radius 2 is 1.91 bits per heavy atom. The summed E-state index contributed by atoms with van der Waals surface area (Å²) in [6.07, 6.45) is 3.66. The van der Waals surface area contributed by atoms with Gasteiger partial charge in [0.1, 0.15) is 5.82 Å². The Morgan fingerprint density at radius 1 is 1.17 bits per heavy atom. The van der Waals surface area contributed by atoms with E-state index >= 15 is 0 Å². The lowest BCUT2D eigenvalue weighted by atomic mass is 10.2. The minimum atomic E-state index is -0.207. The second kappa shape index (κ2) is 7.13. The molecule has 0 aliphatic carbocycles. The number of aromatic nitrogens is 2. The molecule has 1 aromatic carbocycles. The van der Waals surface area contributed by atoms with Gasteiger partial charge in [0.25, 0.3) is 0 Å². The molecule has 2 N–H and O–H groups in total. The van der Waals surface area contributed by atoms with Crippen molar-refractivity contribution < 1.29 is 4.39 Å². The first kappa shape index (κ1) is 15.3. The highest BCUT2D eigenvalue weighted by atomic mass is 19.1. The number of benzene rings is 1. The molecule has 122 valence electrons. The number of hydrogen-bond donors (Lipinski definition) is 1. The summed E-state index contributed by atoms with van der Waals surface area (Å²) in [5.41, 5.74) is 7.11. The minimum Gasteiger partial charge on any atom is -0.370 e. The van der Waals surface area contributed by atoms with Gasteiger partial charge in [-0.3, -0.25) is 9.67 Å². The highest BCUT2D eigenvalue weighted by molar-refractivity contribution is 5.78. The highest BCUT2D eigenvalue weighted by Gasteiger charge is 2.18. The number of nitrogens with zero attached hydrogens (tertiary/aromatic N) is 5. The van der Waals surface area contributed by atoms with Crippen LogP contribution < -0.4 is 10.6 Å². The highest BCUT2D eigenvalue weighted by Crippen LogP contribution is 2.16. The molecule has 2 heterocycles. The van der Waals surface area contributed by atoms with Gasteiger partial charge in [-0.1, -0.05) is 0 Å². The quantitative estimate of drug-likeness (QED) is 0.679. The molecule has 23 heavy (non-hydrogen) atoms. The van der Waals surface area contributed by atoms with Gasteiger partial charge >= 0.3 is 0 Å². The Morgan fingerprint density at radius 3 is 2.57 bits per heavy atom. The van der Waals surface area contributed by atoms with E-state index in [1.165, 1.54) is 12.1 Å². The van der Waals surface area contributed by atoms with Crippen LogP contribution >= 0.6 is 0 Å². The molecule has 0 atom stereocenters. The third-order valence-corrected chi connectivity index (χ3v) is 3.96. The van der Waals surface area contributed by atoms with Gasteiger partial charge in [0.2, 0.25) is 0 Å². The second-order valence-electron chi connectivity index (χ2n) is 5.46. The summed E-state index contributed by atoms with van der Waals surface area (Å²) in [5.74, 6) is 0.372. The number of nitrogens with two attached hydrogens (primary N) is 1. The molecule has 0 bridgehead atoms. The number of guanidine groups is 1. The molecule has 0 saturated carbocycles. The van der Waals surface area contributed by atoms with E-state index in [-0.39, 0.29) is 5.82 Å². The zero-order chi connectivity index (χ0) is 16.1. The summed E-state index contributed by atoms with van der Waals surface area (Å²) in [6, 6.07) is 8.50. The van der Waals surface area contributed by atoms with Crippen LogP contribution in [-0.4, -0.2) is 53.4 Å². The molecule has 1 aromatic heterocycles. The predicted molar refractivity (Wildman–Crippen MR) is 88.9 cm³/mol. The molecule has 0 radical (unpaired) electrons. The monoisotopic (exact) mass is 316 g/mol. The second-order valence-corrected chi connectivity index (χ2v) is 5.46. The molecule has 1 fully saturated rings. The molecular formula is C16H21FN6. The lowest BCUT2D eigenvalue weighted by Crippen LogP contribution is -2.51. The maximum absolute atomic E-state index is 13.0. The fourth-order valence-corrected chi connectivity index (χ4v) is 2.65. The fourth-order valence-electron chi connectivity index (χ4n) is 2.65. The summed E-state index contributed by atoms with van der Waals surface area (Å²) in [6.45, 7) is 4.67. The van der Waals surface area contributed by atoms with Gasteiger partial charge in [0.05, 0.1) is 13.1 Å². The van der Waals surface area contributed by atoms with E-state index in [1.54, 1.807) is 6.20 Å². The number of piperazine rings is 1. The summed E-state index contributed by atoms with van der Waals surface area (Å²) in [7, 11) is 0. The molecule has 1 saturated heterocycles. The lowest BCUT2D eigenvalue weighted by molar-refractivity contribution is 0.380. The third kappa shape index (κ3) is 4.00. The van der Waals surface area contributed by atoms with Crippen molar-refractivity contribution in [2.45, 2.75) is 6.54 Å². The van der Waals surface area contributed by atoms with Crippen LogP contribution in [0.4, 0.5) is 10.1 Å². The van der Waals surface area contributed by atoms with E-state index in [4.69, 9.17) is 5.73 Å². The molecule has 0 spiro atoms. The number of aliphatic imine (C=N–C) groups is 1. The van der Waals surface area contributed by atoms with E-state index in [9.17, 15) is 4.39 Å². The Bertz CT molecular complexity index is 629. The maximum atomic E-state index is 13.0. The van der Waals surface area contributed by atoms with E-state index in [1.807, 2.05) is 29.1 Å². The van der Waals surface area contributed by atoms with Gasteiger partial charge in [-0.05, 0) is 30.3 Å². The van der Waals surface area contributed by atoms with Gasteiger partial charge < -0.3 is 15.5 Å². The van der Waals surface area contributed by atoms with Gasteiger partial charge in [-0.2, -0.15) is 5.10 Å². The van der Waals surface area contributed by atoms with Crippen molar-refractivity contribution in [2.75, 3.05) is 37.6 Å². The molecule has 7 heteroatoms. The number of anilines is 1. The van der Waals surface area contributed by atoms with Gasteiger partial charge in [-0.15, -0.1) is 0 Å². The molecule has 0 amide bonds. The maximum Gasteiger partial charge on any atom is 0.191 e. The molecule has 0 unspecified atom stereocenters. The van der Waals surface area contributed by atoms with E-state index in [0.29, 0.717) is 12.5 Å². The number of rotatable bonds is 4.